The van der Waals surface area contributed by atoms with Crippen molar-refractivity contribution in [2.24, 2.45) is 0 Å². The Morgan fingerprint density at radius 2 is 1.77 bits per heavy atom. The zero-order valence-electron chi connectivity index (χ0n) is 17.3. The van der Waals surface area contributed by atoms with Crippen LogP contribution in [0.5, 0.6) is 5.75 Å². The molecule has 0 radical (unpaired) electrons. The molecular weight excluding hydrogens is 426 g/mol. The van der Waals surface area contributed by atoms with Crippen LogP contribution in [0.25, 0.3) is 0 Å². The molecule has 0 aliphatic carbocycles. The highest BCUT2D eigenvalue weighted by molar-refractivity contribution is 8.00. The Bertz CT molecular complexity index is 840. The molecular formula is C19H27N5O4S2. The lowest BCUT2D eigenvalue weighted by atomic mass is 10.1. The maximum Gasteiger partial charge on any atom is 0.233 e. The van der Waals surface area contributed by atoms with Crippen LogP contribution in [0, 0.1) is 0 Å². The first-order chi connectivity index (χ1) is 14.3. The second-order valence-corrected chi connectivity index (χ2v) is 8.28. The van der Waals surface area contributed by atoms with Crippen LogP contribution in [0.1, 0.15) is 31.1 Å². The molecule has 11 heteroatoms. The minimum absolute atomic E-state index is 0.0150. The van der Waals surface area contributed by atoms with Crippen molar-refractivity contribution in [1.29, 1.82) is 0 Å². The van der Waals surface area contributed by atoms with Crippen molar-refractivity contribution in [1.82, 2.24) is 19.8 Å². The number of nitrogen functional groups attached to an aromatic ring is 1. The molecule has 0 saturated carbocycles. The summed E-state index contributed by atoms with van der Waals surface area (Å²) in [5.74, 6) is 7.13. The van der Waals surface area contributed by atoms with Crippen molar-refractivity contribution in [2.45, 2.75) is 37.2 Å². The van der Waals surface area contributed by atoms with Gasteiger partial charge in [-0.1, -0.05) is 23.5 Å². The predicted octanol–water partition coefficient (Wildman–Crippen LogP) is 1.69. The van der Waals surface area contributed by atoms with Crippen molar-refractivity contribution in [3.63, 3.8) is 0 Å². The molecule has 1 aromatic heterocycles. The number of hydrogen-bond donors (Lipinski definition) is 2. The summed E-state index contributed by atoms with van der Waals surface area (Å²) >= 11 is 2.48. The van der Waals surface area contributed by atoms with Gasteiger partial charge in [0, 0.05) is 24.4 Å². The van der Waals surface area contributed by atoms with Gasteiger partial charge in [0.15, 0.2) is 5.78 Å². The number of nitrogens with zero attached hydrogens (tertiary/aromatic N) is 4. The maximum atomic E-state index is 12.1. The number of aliphatic hydroxyl groups excluding tert-OH is 1. The first-order valence-corrected chi connectivity index (χ1v) is 11.5. The summed E-state index contributed by atoms with van der Waals surface area (Å²) in [6, 6.07) is 6.74. The molecule has 30 heavy (non-hydrogen) atoms. The molecule has 1 atom stereocenters. The van der Waals surface area contributed by atoms with Gasteiger partial charge < -0.3 is 20.6 Å². The van der Waals surface area contributed by atoms with E-state index >= 15 is 0 Å². The second kappa shape index (κ2) is 11.8. The Labute approximate surface area is 184 Å². The third-order valence-electron chi connectivity index (χ3n) is 4.18. The number of rotatable bonds is 12. The number of thioether (sulfide) groups is 2. The molecule has 2 rings (SSSR count). The van der Waals surface area contributed by atoms with Crippen molar-refractivity contribution in [2.75, 3.05) is 37.0 Å². The number of amides is 1. The molecule has 0 aliphatic heterocycles. The van der Waals surface area contributed by atoms with Gasteiger partial charge in [0.1, 0.15) is 12.4 Å². The van der Waals surface area contributed by atoms with E-state index in [2.05, 4.69) is 10.2 Å². The number of benzene rings is 1. The molecule has 2 aromatic rings. The summed E-state index contributed by atoms with van der Waals surface area (Å²) < 4.78 is 6.86. The van der Waals surface area contributed by atoms with Gasteiger partial charge in [-0.25, -0.2) is 4.68 Å². The van der Waals surface area contributed by atoms with Crippen LogP contribution < -0.4 is 10.6 Å². The van der Waals surface area contributed by atoms with Crippen LogP contribution in [-0.2, 0) is 4.79 Å². The number of Topliss-reactive ketones (excluding diaryl/α,β-unsaturated/α-hetero) is 1. The highest BCUT2D eigenvalue weighted by Crippen LogP contribution is 2.22. The first-order valence-electron chi connectivity index (χ1n) is 9.51. The number of aromatic nitrogens is 3. The molecule has 1 heterocycles. The van der Waals surface area contributed by atoms with Crippen molar-refractivity contribution in [3.8, 4) is 5.75 Å². The minimum Gasteiger partial charge on any atom is -0.491 e. The Morgan fingerprint density at radius 1 is 1.17 bits per heavy atom. The lowest BCUT2D eigenvalue weighted by Crippen LogP contribution is -2.32. The molecule has 1 aromatic carbocycles. The molecule has 1 unspecified atom stereocenters. The fraction of sp³-hybridized carbons (Fsp3) is 0.474. The third-order valence-corrected chi connectivity index (χ3v) is 6.20. The molecule has 0 bridgehead atoms. The molecule has 0 fully saturated rings. The van der Waals surface area contributed by atoms with Gasteiger partial charge in [0.05, 0.1) is 11.9 Å². The molecule has 0 saturated heterocycles. The molecule has 0 aliphatic rings. The molecule has 1 amide bonds. The summed E-state index contributed by atoms with van der Waals surface area (Å²) in [7, 11) is 0. The number of carbonyl (C=O) groups excluding carboxylic acids is 2. The summed E-state index contributed by atoms with van der Waals surface area (Å²) in [4.78, 5) is 25.1. The fourth-order valence-electron chi connectivity index (χ4n) is 2.45. The normalized spacial score (nSPS) is 11.9. The van der Waals surface area contributed by atoms with Crippen LogP contribution in [0.3, 0.4) is 0 Å². The summed E-state index contributed by atoms with van der Waals surface area (Å²) in [5.41, 5.74) is 0.605. The lowest BCUT2D eigenvalue weighted by molar-refractivity contribution is -0.127. The van der Waals surface area contributed by atoms with Gasteiger partial charge in [-0.3, -0.25) is 9.59 Å². The van der Waals surface area contributed by atoms with Gasteiger partial charge in [-0.2, -0.15) is 0 Å². The van der Waals surface area contributed by atoms with E-state index in [-0.39, 0.29) is 24.1 Å². The van der Waals surface area contributed by atoms with Crippen molar-refractivity contribution >= 4 is 35.2 Å². The van der Waals surface area contributed by atoms with E-state index in [4.69, 9.17) is 10.6 Å². The Balaban J connectivity index is 1.78. The van der Waals surface area contributed by atoms with E-state index in [0.717, 1.165) is 0 Å². The standard InChI is InChI=1S/C19H27N5O4S2/c1-4-23(5-2)17(27)12-30-19-22-21-18(24(19)20)29-11-15(26)10-28-16-8-6-14(7-9-16)13(3)25/h6-9,15,26H,4-5,10-12,20H2,1-3H3. The molecule has 164 valence electrons. The third kappa shape index (κ3) is 6.92. The number of aliphatic hydroxyl groups is 1. The predicted molar refractivity (Wildman–Crippen MR) is 117 cm³/mol. The van der Waals surface area contributed by atoms with E-state index in [0.29, 0.717) is 40.5 Å². The quantitative estimate of drug-likeness (QED) is 0.281. The van der Waals surface area contributed by atoms with Crippen LogP contribution in [-0.4, -0.2) is 73.9 Å². The smallest absolute Gasteiger partial charge is 0.233 e. The largest absolute Gasteiger partial charge is 0.491 e. The minimum atomic E-state index is -0.750. The Hall–Kier alpha value is -2.24. The van der Waals surface area contributed by atoms with Gasteiger partial charge in [-0.15, -0.1) is 10.2 Å². The highest BCUT2D eigenvalue weighted by Gasteiger charge is 2.16. The summed E-state index contributed by atoms with van der Waals surface area (Å²) in [5, 5.41) is 19.1. The average Bonchev–Trinajstić information content (AvgIpc) is 3.09. The maximum absolute atomic E-state index is 12.1. The SMILES string of the molecule is CCN(CC)C(=O)CSc1nnc(SCC(O)COc2ccc(C(C)=O)cc2)n1N. The Kier molecular flexibility index (Phi) is 9.47. The average molecular weight is 454 g/mol. The van der Waals surface area contributed by atoms with E-state index in [1.807, 2.05) is 13.8 Å². The number of hydrogen-bond acceptors (Lipinski definition) is 9. The van der Waals surface area contributed by atoms with Crippen LogP contribution in [0.4, 0.5) is 0 Å². The molecule has 0 spiro atoms. The topological polar surface area (TPSA) is 124 Å². The monoisotopic (exact) mass is 453 g/mol. The molecule has 9 nitrogen and oxygen atoms in total. The van der Waals surface area contributed by atoms with Gasteiger partial charge in [-0.05, 0) is 45.0 Å². The van der Waals surface area contributed by atoms with Crippen LogP contribution in [0.15, 0.2) is 34.6 Å². The highest BCUT2D eigenvalue weighted by atomic mass is 32.2. The zero-order valence-corrected chi connectivity index (χ0v) is 18.9. The number of ketones is 1. The van der Waals surface area contributed by atoms with Crippen molar-refractivity contribution in [3.05, 3.63) is 29.8 Å². The van der Waals surface area contributed by atoms with Gasteiger partial charge in [0.2, 0.25) is 16.2 Å². The summed E-state index contributed by atoms with van der Waals surface area (Å²) in [6.07, 6.45) is -0.750. The van der Waals surface area contributed by atoms with Crippen LogP contribution >= 0.6 is 23.5 Å². The number of carbonyl (C=O) groups is 2. The number of nitrogens with two attached hydrogens (primary N) is 1. The van der Waals surface area contributed by atoms with Crippen LogP contribution in [0.2, 0.25) is 0 Å². The summed E-state index contributed by atoms with van der Waals surface area (Å²) in [6.45, 7) is 6.77. The van der Waals surface area contributed by atoms with E-state index in [1.165, 1.54) is 35.1 Å². The second-order valence-electron chi connectivity index (χ2n) is 6.35. The van der Waals surface area contributed by atoms with Crippen molar-refractivity contribution < 1.29 is 19.4 Å². The van der Waals surface area contributed by atoms with Gasteiger partial charge in [0.25, 0.3) is 0 Å². The molecule has 3 N–H and O–H groups in total. The lowest BCUT2D eigenvalue weighted by Gasteiger charge is -2.17. The fourth-order valence-corrected chi connectivity index (χ4v) is 4.03. The zero-order chi connectivity index (χ0) is 22.1. The Morgan fingerprint density at radius 3 is 2.33 bits per heavy atom. The van der Waals surface area contributed by atoms with E-state index in [9.17, 15) is 14.7 Å². The van der Waals surface area contributed by atoms with E-state index < -0.39 is 6.10 Å². The first kappa shape index (κ1) is 24.0. The van der Waals surface area contributed by atoms with Gasteiger partial charge >= 0.3 is 0 Å². The number of ether oxygens (including phenoxy) is 1. The van der Waals surface area contributed by atoms with E-state index in [1.54, 1.807) is 29.2 Å².